The number of rotatable bonds is 6. The number of hydrogen-bond acceptors (Lipinski definition) is 3. The van der Waals surface area contributed by atoms with E-state index in [2.05, 4.69) is 36.4 Å². The number of carbonyl (C=O) groups excluding carboxylic acids is 1. The molecule has 0 aliphatic carbocycles. The summed E-state index contributed by atoms with van der Waals surface area (Å²) in [6.45, 7) is 8.14. The smallest absolute Gasteiger partial charge is 0.262 e. The molecule has 0 fully saturated rings. The molecular weight excluding hydrogens is 290 g/mol. The molecule has 1 amide bonds. The maximum absolute atomic E-state index is 12.0. The minimum atomic E-state index is -0.185. The third-order valence-electron chi connectivity index (χ3n) is 4.20. The van der Waals surface area contributed by atoms with Crippen LogP contribution in [0.5, 0.6) is 5.75 Å². The number of ether oxygens (including phenoxy) is 1. The average Bonchev–Trinajstić information content (AvgIpc) is 2.79. The third kappa shape index (κ3) is 4.12. The zero-order valence-corrected chi connectivity index (χ0v) is 14.5. The number of hydrogen-bond donors (Lipinski definition) is 1. The van der Waals surface area contributed by atoms with Crippen molar-refractivity contribution in [2.24, 2.45) is 7.05 Å². The summed E-state index contributed by atoms with van der Waals surface area (Å²) in [5, 5.41) is 7.14. The fourth-order valence-corrected chi connectivity index (χ4v) is 2.41. The quantitative estimate of drug-likeness (QED) is 0.886. The van der Waals surface area contributed by atoms with E-state index in [4.69, 9.17) is 4.74 Å². The third-order valence-corrected chi connectivity index (χ3v) is 4.20. The van der Waals surface area contributed by atoms with Gasteiger partial charge in [0.15, 0.2) is 6.61 Å². The fourth-order valence-electron chi connectivity index (χ4n) is 2.41. The fraction of sp³-hybridized carbons (Fsp3) is 0.444. The van der Waals surface area contributed by atoms with E-state index in [1.807, 2.05) is 33.0 Å². The van der Waals surface area contributed by atoms with E-state index in [-0.39, 0.29) is 12.5 Å². The van der Waals surface area contributed by atoms with Gasteiger partial charge in [-0.25, -0.2) is 0 Å². The molecule has 1 aromatic carbocycles. The Balaban J connectivity index is 1.91. The summed E-state index contributed by atoms with van der Waals surface area (Å²) in [5.41, 5.74) is 3.77. The van der Waals surface area contributed by atoms with Gasteiger partial charge < -0.3 is 10.1 Å². The molecule has 5 nitrogen and oxygen atoms in total. The Labute approximate surface area is 137 Å². The molecule has 0 saturated heterocycles. The van der Waals surface area contributed by atoms with E-state index in [1.165, 1.54) is 5.56 Å². The highest BCUT2D eigenvalue weighted by Gasteiger charge is 2.13. The molecule has 0 bridgehead atoms. The van der Waals surface area contributed by atoms with Crippen LogP contribution in [0.3, 0.4) is 0 Å². The van der Waals surface area contributed by atoms with Gasteiger partial charge in [-0.05, 0) is 43.9 Å². The largest absolute Gasteiger partial charge is 0.484 e. The van der Waals surface area contributed by atoms with Gasteiger partial charge in [-0.2, -0.15) is 5.10 Å². The summed E-state index contributed by atoms with van der Waals surface area (Å²) in [7, 11) is 1.85. The second kappa shape index (κ2) is 7.31. The van der Waals surface area contributed by atoms with Crippen molar-refractivity contribution in [3.05, 3.63) is 41.2 Å². The van der Waals surface area contributed by atoms with Gasteiger partial charge in [-0.15, -0.1) is 0 Å². The highest BCUT2D eigenvalue weighted by atomic mass is 16.5. The lowest BCUT2D eigenvalue weighted by molar-refractivity contribution is -0.118. The monoisotopic (exact) mass is 315 g/mol. The summed E-state index contributed by atoms with van der Waals surface area (Å²) in [5.74, 6) is 1.05. The Kier molecular flexibility index (Phi) is 5.42. The predicted molar refractivity (Wildman–Crippen MR) is 92.0 cm³/mol. The number of nitrogens with one attached hydrogen (secondary N) is 1. The Bertz CT molecular complexity index is 674. The first-order valence-corrected chi connectivity index (χ1v) is 7.95. The van der Waals surface area contributed by atoms with Crippen LogP contribution in [0.25, 0.3) is 0 Å². The van der Waals surface area contributed by atoms with Crippen LogP contribution < -0.4 is 10.1 Å². The SMILES string of the molecule is CC[C@H](C)c1ccc(OCC(=O)Nc2c(C)nn(C)c2C)cc1. The van der Waals surface area contributed by atoms with Crippen molar-refractivity contribution >= 4 is 11.6 Å². The number of aromatic nitrogens is 2. The first-order chi connectivity index (χ1) is 10.9. The molecule has 0 saturated carbocycles. The van der Waals surface area contributed by atoms with Crippen molar-refractivity contribution in [1.29, 1.82) is 0 Å². The first-order valence-electron chi connectivity index (χ1n) is 7.95. The standard InChI is InChI=1S/C18H25N3O2/c1-6-12(2)15-7-9-16(10-8-15)23-11-17(22)19-18-13(3)20-21(5)14(18)4/h7-10,12H,6,11H2,1-5H3,(H,19,22)/t12-/m0/s1. The highest BCUT2D eigenvalue weighted by molar-refractivity contribution is 5.93. The van der Waals surface area contributed by atoms with Crippen molar-refractivity contribution in [3.63, 3.8) is 0 Å². The van der Waals surface area contributed by atoms with Crippen LogP contribution in [0.15, 0.2) is 24.3 Å². The van der Waals surface area contributed by atoms with Gasteiger partial charge >= 0.3 is 0 Å². The van der Waals surface area contributed by atoms with Gasteiger partial charge in [0.2, 0.25) is 0 Å². The molecule has 5 heteroatoms. The Morgan fingerprint density at radius 1 is 1.30 bits per heavy atom. The normalized spacial score (nSPS) is 12.0. The number of benzene rings is 1. The molecule has 0 radical (unpaired) electrons. The van der Waals surface area contributed by atoms with Gasteiger partial charge in [-0.3, -0.25) is 9.48 Å². The van der Waals surface area contributed by atoms with E-state index in [0.717, 1.165) is 23.5 Å². The molecule has 1 heterocycles. The first kappa shape index (κ1) is 17.1. The van der Waals surface area contributed by atoms with Gasteiger partial charge in [-0.1, -0.05) is 26.0 Å². The van der Waals surface area contributed by atoms with E-state index < -0.39 is 0 Å². The molecule has 23 heavy (non-hydrogen) atoms. The maximum atomic E-state index is 12.0. The van der Waals surface area contributed by atoms with Crippen molar-refractivity contribution in [1.82, 2.24) is 9.78 Å². The zero-order valence-electron chi connectivity index (χ0n) is 14.5. The van der Waals surface area contributed by atoms with Crippen LogP contribution in [-0.4, -0.2) is 22.3 Å². The van der Waals surface area contributed by atoms with E-state index in [9.17, 15) is 4.79 Å². The number of aryl methyl sites for hydroxylation is 2. The van der Waals surface area contributed by atoms with Crippen LogP contribution >= 0.6 is 0 Å². The Morgan fingerprint density at radius 3 is 2.48 bits per heavy atom. The molecule has 2 aromatic rings. The van der Waals surface area contributed by atoms with Crippen molar-refractivity contribution < 1.29 is 9.53 Å². The number of amides is 1. The summed E-state index contributed by atoms with van der Waals surface area (Å²) in [6.07, 6.45) is 1.10. The van der Waals surface area contributed by atoms with Crippen LogP contribution in [0, 0.1) is 13.8 Å². The lowest BCUT2D eigenvalue weighted by Gasteiger charge is -2.11. The maximum Gasteiger partial charge on any atom is 0.262 e. The number of nitrogens with zero attached hydrogens (tertiary/aromatic N) is 2. The summed E-state index contributed by atoms with van der Waals surface area (Å²) >= 11 is 0. The van der Waals surface area contributed by atoms with Crippen LogP contribution in [-0.2, 0) is 11.8 Å². The van der Waals surface area contributed by atoms with E-state index in [1.54, 1.807) is 4.68 Å². The number of carbonyl (C=O) groups is 1. The van der Waals surface area contributed by atoms with E-state index in [0.29, 0.717) is 11.7 Å². The van der Waals surface area contributed by atoms with Crippen molar-refractivity contribution in [2.75, 3.05) is 11.9 Å². The molecule has 1 N–H and O–H groups in total. The lowest BCUT2D eigenvalue weighted by atomic mass is 9.99. The van der Waals surface area contributed by atoms with Gasteiger partial charge in [0.25, 0.3) is 5.91 Å². The minimum absolute atomic E-state index is 0.0174. The molecule has 0 spiro atoms. The summed E-state index contributed by atoms with van der Waals surface area (Å²) in [6, 6.07) is 7.93. The molecule has 0 aliphatic heterocycles. The van der Waals surface area contributed by atoms with Gasteiger partial charge in [0.05, 0.1) is 17.1 Å². The zero-order chi connectivity index (χ0) is 17.0. The molecule has 0 unspecified atom stereocenters. The molecule has 1 atom stereocenters. The van der Waals surface area contributed by atoms with Crippen LogP contribution in [0.4, 0.5) is 5.69 Å². The molecule has 2 rings (SSSR count). The molecular formula is C18H25N3O2. The van der Waals surface area contributed by atoms with Crippen LogP contribution in [0.1, 0.15) is 43.1 Å². The summed E-state index contributed by atoms with van der Waals surface area (Å²) < 4.78 is 7.31. The molecule has 1 aromatic heterocycles. The second-order valence-electron chi connectivity index (χ2n) is 5.88. The highest BCUT2D eigenvalue weighted by Crippen LogP contribution is 2.22. The van der Waals surface area contributed by atoms with Crippen molar-refractivity contribution in [3.8, 4) is 5.75 Å². The Hall–Kier alpha value is -2.30. The summed E-state index contributed by atoms with van der Waals surface area (Å²) in [4.78, 5) is 12.0. The number of anilines is 1. The minimum Gasteiger partial charge on any atom is -0.484 e. The molecule has 124 valence electrons. The van der Waals surface area contributed by atoms with Gasteiger partial charge in [0, 0.05) is 7.05 Å². The van der Waals surface area contributed by atoms with Crippen LogP contribution in [0.2, 0.25) is 0 Å². The van der Waals surface area contributed by atoms with Gasteiger partial charge in [0.1, 0.15) is 5.75 Å². The molecule has 0 aliphatic rings. The Morgan fingerprint density at radius 2 is 1.96 bits per heavy atom. The van der Waals surface area contributed by atoms with E-state index >= 15 is 0 Å². The average molecular weight is 315 g/mol. The second-order valence-corrected chi connectivity index (χ2v) is 5.88. The predicted octanol–water partition coefficient (Wildman–Crippen LogP) is 3.57. The lowest BCUT2D eigenvalue weighted by Crippen LogP contribution is -2.20. The van der Waals surface area contributed by atoms with Crippen molar-refractivity contribution in [2.45, 2.75) is 40.0 Å². The topological polar surface area (TPSA) is 56.1 Å².